The Bertz CT molecular complexity index is 332. The van der Waals surface area contributed by atoms with E-state index < -0.39 is 0 Å². The molecule has 0 aromatic heterocycles. The van der Waals surface area contributed by atoms with Gasteiger partial charge in [-0.25, -0.2) is 0 Å². The van der Waals surface area contributed by atoms with Crippen molar-refractivity contribution in [1.29, 1.82) is 0 Å². The first-order valence-corrected chi connectivity index (χ1v) is 7.85. The molecule has 0 aromatic carbocycles. The Morgan fingerprint density at radius 3 is 2.11 bits per heavy atom. The fourth-order valence-electron chi connectivity index (χ4n) is 3.24. The predicted octanol–water partition coefficient (Wildman–Crippen LogP) is 2.73. The maximum atomic E-state index is 12.5. The van der Waals surface area contributed by atoms with Gasteiger partial charge in [0.05, 0.1) is 5.54 Å². The van der Waals surface area contributed by atoms with Gasteiger partial charge in [-0.3, -0.25) is 4.79 Å². The molecule has 1 saturated carbocycles. The third-order valence-corrected chi connectivity index (χ3v) is 6.45. The van der Waals surface area contributed by atoms with Crippen molar-refractivity contribution in [3.8, 4) is 0 Å². The number of ether oxygens (including phenoxy) is 1. The van der Waals surface area contributed by atoms with Gasteiger partial charge in [0.15, 0.2) is 0 Å². The highest BCUT2D eigenvalue weighted by atomic mass is 79.9. The van der Waals surface area contributed by atoms with Gasteiger partial charge in [0, 0.05) is 24.5 Å². The fraction of sp³-hybridized carbons (Fsp3) is 0.929. The van der Waals surface area contributed by atoms with Crippen LogP contribution in [-0.4, -0.2) is 30.0 Å². The highest BCUT2D eigenvalue weighted by molar-refractivity contribution is 9.09. The molecule has 1 saturated heterocycles. The third-order valence-electron chi connectivity index (χ3n) is 5.38. The number of rotatable bonds is 3. The molecule has 2 aliphatic rings. The molecule has 1 aliphatic heterocycles. The normalized spacial score (nSPS) is 28.7. The van der Waals surface area contributed by atoms with Crippen LogP contribution in [0.1, 0.15) is 40.5 Å². The molecule has 4 heteroatoms. The van der Waals surface area contributed by atoms with E-state index in [4.69, 9.17) is 4.74 Å². The predicted molar refractivity (Wildman–Crippen MR) is 75.8 cm³/mol. The number of alkyl halides is 1. The van der Waals surface area contributed by atoms with Crippen LogP contribution in [0.5, 0.6) is 0 Å². The average molecular weight is 318 g/mol. The van der Waals surface area contributed by atoms with Gasteiger partial charge >= 0.3 is 0 Å². The molecule has 1 heterocycles. The Labute approximate surface area is 118 Å². The number of carbonyl (C=O) groups is 1. The summed E-state index contributed by atoms with van der Waals surface area (Å²) in [6.45, 7) is 10.2. The topological polar surface area (TPSA) is 38.3 Å². The maximum Gasteiger partial charge on any atom is 0.224 e. The van der Waals surface area contributed by atoms with E-state index in [1.165, 1.54) is 0 Å². The summed E-state index contributed by atoms with van der Waals surface area (Å²) < 4.78 is 5.39. The Morgan fingerprint density at radius 1 is 1.22 bits per heavy atom. The van der Waals surface area contributed by atoms with Crippen LogP contribution >= 0.6 is 15.9 Å². The van der Waals surface area contributed by atoms with Crippen molar-refractivity contribution in [2.75, 3.05) is 18.5 Å². The van der Waals surface area contributed by atoms with Gasteiger partial charge in [-0.05, 0) is 23.7 Å². The van der Waals surface area contributed by atoms with Crippen LogP contribution in [0.3, 0.4) is 0 Å². The minimum Gasteiger partial charge on any atom is -0.381 e. The second-order valence-electron chi connectivity index (χ2n) is 6.89. The average Bonchev–Trinajstić information content (AvgIpc) is 2.70. The lowest BCUT2D eigenvalue weighted by Crippen LogP contribution is -2.54. The summed E-state index contributed by atoms with van der Waals surface area (Å²) in [5.41, 5.74) is 0.107. The molecule has 1 N–H and O–H groups in total. The number of hydrogen-bond acceptors (Lipinski definition) is 2. The Hall–Kier alpha value is -0.0900. The summed E-state index contributed by atoms with van der Waals surface area (Å²) >= 11 is 3.55. The molecule has 2 rings (SSSR count). The van der Waals surface area contributed by atoms with Crippen LogP contribution in [0.2, 0.25) is 0 Å². The minimum absolute atomic E-state index is 0.107. The molecule has 0 aromatic rings. The van der Waals surface area contributed by atoms with Gasteiger partial charge in [0.2, 0.25) is 5.91 Å². The van der Waals surface area contributed by atoms with Crippen molar-refractivity contribution in [3.63, 3.8) is 0 Å². The van der Waals surface area contributed by atoms with Gasteiger partial charge in [0.1, 0.15) is 0 Å². The number of amides is 1. The van der Waals surface area contributed by atoms with Gasteiger partial charge in [-0.15, -0.1) is 0 Å². The van der Waals surface area contributed by atoms with E-state index in [9.17, 15) is 4.79 Å². The van der Waals surface area contributed by atoms with Crippen molar-refractivity contribution in [1.82, 2.24) is 5.32 Å². The molecule has 0 radical (unpaired) electrons. The van der Waals surface area contributed by atoms with E-state index in [0.717, 1.165) is 31.4 Å². The lowest BCUT2D eigenvalue weighted by atomic mass is 9.92. The summed E-state index contributed by atoms with van der Waals surface area (Å²) in [5, 5.41) is 4.10. The minimum atomic E-state index is -0.107. The van der Waals surface area contributed by atoms with E-state index in [1.54, 1.807) is 0 Å². The molecule has 18 heavy (non-hydrogen) atoms. The number of hydrogen-bond donors (Lipinski definition) is 1. The summed E-state index contributed by atoms with van der Waals surface area (Å²) in [5.74, 6) is 0.343. The van der Waals surface area contributed by atoms with Gasteiger partial charge in [-0.1, -0.05) is 43.6 Å². The molecular weight excluding hydrogens is 294 g/mol. The van der Waals surface area contributed by atoms with Crippen LogP contribution in [0.25, 0.3) is 0 Å². The molecule has 104 valence electrons. The first-order valence-electron chi connectivity index (χ1n) is 6.73. The first-order chi connectivity index (χ1) is 8.27. The summed E-state index contributed by atoms with van der Waals surface area (Å²) in [4.78, 5) is 12.5. The van der Waals surface area contributed by atoms with Crippen LogP contribution in [0.15, 0.2) is 0 Å². The molecule has 1 aliphatic carbocycles. The largest absolute Gasteiger partial charge is 0.381 e. The monoisotopic (exact) mass is 317 g/mol. The van der Waals surface area contributed by atoms with E-state index in [-0.39, 0.29) is 28.2 Å². The van der Waals surface area contributed by atoms with Crippen molar-refractivity contribution in [3.05, 3.63) is 0 Å². The zero-order valence-corrected chi connectivity index (χ0v) is 13.4. The van der Waals surface area contributed by atoms with Gasteiger partial charge in [-0.2, -0.15) is 0 Å². The number of halogens is 1. The van der Waals surface area contributed by atoms with E-state index in [2.05, 4.69) is 48.9 Å². The highest BCUT2D eigenvalue weighted by Gasteiger charge is 2.68. The zero-order chi connectivity index (χ0) is 13.6. The van der Waals surface area contributed by atoms with Crippen LogP contribution < -0.4 is 5.32 Å². The zero-order valence-electron chi connectivity index (χ0n) is 11.8. The SMILES string of the molecule is CC1(C)C(C(=O)NC2(CBr)CCOCC2)C1(C)C. The second kappa shape index (κ2) is 4.48. The number of carbonyl (C=O) groups excluding carboxylic acids is 1. The van der Waals surface area contributed by atoms with Crippen molar-refractivity contribution in [2.24, 2.45) is 16.7 Å². The lowest BCUT2D eigenvalue weighted by molar-refractivity contribution is -0.126. The Balaban J connectivity index is 2.03. The summed E-state index contributed by atoms with van der Waals surface area (Å²) in [7, 11) is 0. The number of nitrogens with one attached hydrogen (secondary N) is 1. The van der Waals surface area contributed by atoms with Crippen molar-refractivity contribution >= 4 is 21.8 Å². The third kappa shape index (κ3) is 2.11. The van der Waals surface area contributed by atoms with E-state index in [0.29, 0.717) is 0 Å². The van der Waals surface area contributed by atoms with E-state index >= 15 is 0 Å². The maximum absolute atomic E-state index is 12.5. The Morgan fingerprint density at radius 2 is 1.72 bits per heavy atom. The van der Waals surface area contributed by atoms with Crippen LogP contribution in [0.4, 0.5) is 0 Å². The van der Waals surface area contributed by atoms with Crippen molar-refractivity contribution < 1.29 is 9.53 Å². The van der Waals surface area contributed by atoms with Crippen molar-refractivity contribution in [2.45, 2.75) is 46.1 Å². The van der Waals surface area contributed by atoms with E-state index in [1.807, 2.05) is 0 Å². The molecular formula is C14H24BrNO2. The van der Waals surface area contributed by atoms with Crippen LogP contribution in [-0.2, 0) is 9.53 Å². The lowest BCUT2D eigenvalue weighted by Gasteiger charge is -2.36. The van der Waals surface area contributed by atoms with Crippen LogP contribution in [0, 0.1) is 16.7 Å². The molecule has 0 atom stereocenters. The highest BCUT2D eigenvalue weighted by Crippen LogP contribution is 2.68. The molecule has 3 nitrogen and oxygen atoms in total. The smallest absolute Gasteiger partial charge is 0.224 e. The summed E-state index contributed by atoms with van der Waals surface area (Å²) in [6, 6.07) is 0. The fourth-order valence-corrected chi connectivity index (χ4v) is 3.94. The molecule has 1 amide bonds. The summed E-state index contributed by atoms with van der Waals surface area (Å²) in [6.07, 6.45) is 1.80. The first kappa shape index (κ1) is 14.3. The molecule has 0 bridgehead atoms. The van der Waals surface area contributed by atoms with Gasteiger partial charge < -0.3 is 10.1 Å². The molecule has 0 unspecified atom stereocenters. The standard InChI is InChI=1S/C14H24BrNO2/c1-12(2)10(13(12,3)4)11(17)16-14(9-15)5-7-18-8-6-14/h10H,5-9H2,1-4H3,(H,16,17). The van der Waals surface area contributed by atoms with Gasteiger partial charge in [0.25, 0.3) is 0 Å². The quantitative estimate of drug-likeness (QED) is 0.813. The second-order valence-corrected chi connectivity index (χ2v) is 7.45. The molecule has 0 spiro atoms. The molecule has 2 fully saturated rings. The Kier molecular flexibility index (Phi) is 3.56.